The SMILES string of the molecule is CCOc1ccccc1N1CCN(C(=O)C2CC(c3ccc(OC)cc3OC)NN2)CC1. The van der Waals surface area contributed by atoms with E-state index in [4.69, 9.17) is 14.2 Å². The van der Waals surface area contributed by atoms with E-state index in [2.05, 4.69) is 21.8 Å². The molecule has 32 heavy (non-hydrogen) atoms. The molecule has 2 unspecified atom stereocenters. The molecular formula is C24H32N4O4. The van der Waals surface area contributed by atoms with E-state index in [-0.39, 0.29) is 18.0 Å². The van der Waals surface area contributed by atoms with Crippen molar-refractivity contribution in [2.24, 2.45) is 0 Å². The number of amides is 1. The van der Waals surface area contributed by atoms with Crippen molar-refractivity contribution in [1.29, 1.82) is 0 Å². The van der Waals surface area contributed by atoms with Crippen LogP contribution in [-0.2, 0) is 4.79 Å². The first-order valence-corrected chi connectivity index (χ1v) is 11.1. The number of benzene rings is 2. The quantitative estimate of drug-likeness (QED) is 0.685. The molecule has 2 N–H and O–H groups in total. The van der Waals surface area contributed by atoms with Gasteiger partial charge in [-0.25, -0.2) is 10.9 Å². The Balaban J connectivity index is 1.36. The highest BCUT2D eigenvalue weighted by molar-refractivity contribution is 5.82. The summed E-state index contributed by atoms with van der Waals surface area (Å²) in [6.07, 6.45) is 0.662. The van der Waals surface area contributed by atoms with E-state index in [1.807, 2.05) is 48.2 Å². The number of hydrazine groups is 1. The lowest BCUT2D eigenvalue weighted by Crippen LogP contribution is -2.53. The van der Waals surface area contributed by atoms with Crippen molar-refractivity contribution in [3.8, 4) is 17.2 Å². The van der Waals surface area contributed by atoms with Crippen LogP contribution in [0.25, 0.3) is 0 Å². The average molecular weight is 441 g/mol. The maximum absolute atomic E-state index is 13.2. The number of carbonyl (C=O) groups excluding carboxylic acids is 1. The van der Waals surface area contributed by atoms with Gasteiger partial charge in [-0.05, 0) is 31.5 Å². The zero-order valence-electron chi connectivity index (χ0n) is 19.0. The first-order chi connectivity index (χ1) is 15.6. The van der Waals surface area contributed by atoms with Gasteiger partial charge in [0.05, 0.1) is 32.6 Å². The number of piperazine rings is 1. The fraction of sp³-hybridized carbons (Fsp3) is 0.458. The standard InChI is InChI=1S/C24H32N4O4/c1-4-32-22-8-6-5-7-21(22)27-11-13-28(14-12-27)24(29)20-16-19(25-26-20)18-10-9-17(30-2)15-23(18)31-3/h5-10,15,19-20,25-26H,4,11-14,16H2,1-3H3. The Hall–Kier alpha value is -2.97. The van der Waals surface area contributed by atoms with E-state index in [1.165, 1.54) is 0 Å². The largest absolute Gasteiger partial charge is 0.497 e. The van der Waals surface area contributed by atoms with E-state index in [1.54, 1.807) is 14.2 Å². The lowest BCUT2D eigenvalue weighted by atomic mass is 10.00. The second-order valence-corrected chi connectivity index (χ2v) is 7.95. The molecule has 2 aromatic rings. The smallest absolute Gasteiger partial charge is 0.241 e. The van der Waals surface area contributed by atoms with Crippen molar-refractivity contribution < 1.29 is 19.0 Å². The maximum Gasteiger partial charge on any atom is 0.241 e. The lowest BCUT2D eigenvalue weighted by molar-refractivity contribution is -0.133. The van der Waals surface area contributed by atoms with Crippen molar-refractivity contribution in [3.63, 3.8) is 0 Å². The third-order valence-corrected chi connectivity index (χ3v) is 6.11. The van der Waals surface area contributed by atoms with Crippen molar-refractivity contribution in [2.45, 2.75) is 25.4 Å². The number of nitrogens with one attached hydrogen (secondary N) is 2. The molecule has 2 fully saturated rings. The number of hydrogen-bond donors (Lipinski definition) is 2. The Labute approximate surface area is 189 Å². The zero-order chi connectivity index (χ0) is 22.5. The Morgan fingerprint density at radius 1 is 1.00 bits per heavy atom. The van der Waals surface area contributed by atoms with Gasteiger partial charge in [-0.3, -0.25) is 4.79 Å². The van der Waals surface area contributed by atoms with Crippen LogP contribution < -0.4 is 30.0 Å². The van der Waals surface area contributed by atoms with Crippen LogP contribution in [0.4, 0.5) is 5.69 Å². The molecule has 2 saturated heterocycles. The van der Waals surface area contributed by atoms with Crippen LogP contribution in [0.15, 0.2) is 42.5 Å². The third kappa shape index (κ3) is 4.61. The van der Waals surface area contributed by atoms with Crippen molar-refractivity contribution in [2.75, 3.05) is 51.9 Å². The van der Waals surface area contributed by atoms with Gasteiger partial charge in [0.1, 0.15) is 23.3 Å². The van der Waals surface area contributed by atoms with Gasteiger partial charge in [0.2, 0.25) is 5.91 Å². The molecule has 172 valence electrons. The minimum absolute atomic E-state index is 0.0100. The summed E-state index contributed by atoms with van der Waals surface area (Å²) >= 11 is 0. The van der Waals surface area contributed by atoms with Gasteiger partial charge in [0.15, 0.2) is 0 Å². The topological polar surface area (TPSA) is 75.3 Å². The Kier molecular flexibility index (Phi) is 7.02. The monoisotopic (exact) mass is 440 g/mol. The van der Waals surface area contributed by atoms with Crippen LogP contribution >= 0.6 is 0 Å². The second kappa shape index (κ2) is 10.1. The van der Waals surface area contributed by atoms with E-state index < -0.39 is 0 Å². The summed E-state index contributed by atoms with van der Waals surface area (Å²) in [6.45, 7) is 5.57. The minimum Gasteiger partial charge on any atom is -0.497 e. The van der Waals surface area contributed by atoms with Crippen LogP contribution in [0.5, 0.6) is 17.2 Å². The van der Waals surface area contributed by atoms with E-state index in [0.717, 1.165) is 41.6 Å². The van der Waals surface area contributed by atoms with Crippen LogP contribution in [0.2, 0.25) is 0 Å². The van der Waals surface area contributed by atoms with Crippen molar-refractivity contribution in [1.82, 2.24) is 15.8 Å². The molecule has 8 nitrogen and oxygen atoms in total. The number of rotatable bonds is 7. The predicted octanol–water partition coefficient (Wildman–Crippen LogP) is 2.36. The second-order valence-electron chi connectivity index (χ2n) is 7.95. The van der Waals surface area contributed by atoms with Gasteiger partial charge < -0.3 is 24.0 Å². The van der Waals surface area contributed by atoms with Crippen molar-refractivity contribution in [3.05, 3.63) is 48.0 Å². The highest BCUT2D eigenvalue weighted by Crippen LogP contribution is 2.34. The van der Waals surface area contributed by atoms with Crippen LogP contribution in [-0.4, -0.2) is 63.9 Å². The Bertz CT molecular complexity index is 930. The van der Waals surface area contributed by atoms with Gasteiger partial charge in [0, 0.05) is 37.8 Å². The molecule has 2 aromatic carbocycles. The molecule has 0 aliphatic carbocycles. The van der Waals surface area contributed by atoms with Gasteiger partial charge in [-0.15, -0.1) is 0 Å². The van der Waals surface area contributed by atoms with E-state index in [9.17, 15) is 4.79 Å². The Morgan fingerprint density at radius 3 is 2.50 bits per heavy atom. The Morgan fingerprint density at radius 2 is 1.78 bits per heavy atom. The first-order valence-electron chi connectivity index (χ1n) is 11.1. The van der Waals surface area contributed by atoms with Crippen LogP contribution in [0.3, 0.4) is 0 Å². The van der Waals surface area contributed by atoms with E-state index in [0.29, 0.717) is 26.1 Å². The molecule has 4 rings (SSSR count). The number of methoxy groups -OCH3 is 2. The minimum atomic E-state index is -0.269. The van der Waals surface area contributed by atoms with Crippen LogP contribution in [0.1, 0.15) is 24.9 Å². The summed E-state index contributed by atoms with van der Waals surface area (Å²) in [5, 5.41) is 0. The number of anilines is 1. The highest BCUT2D eigenvalue weighted by atomic mass is 16.5. The zero-order valence-corrected chi connectivity index (χ0v) is 19.0. The lowest BCUT2D eigenvalue weighted by Gasteiger charge is -2.37. The summed E-state index contributed by atoms with van der Waals surface area (Å²) in [7, 11) is 3.28. The molecule has 2 heterocycles. The molecule has 8 heteroatoms. The third-order valence-electron chi connectivity index (χ3n) is 6.11. The number of ether oxygens (including phenoxy) is 3. The summed E-state index contributed by atoms with van der Waals surface area (Å²) in [5.41, 5.74) is 8.55. The molecule has 0 bridgehead atoms. The molecule has 2 atom stereocenters. The van der Waals surface area contributed by atoms with Crippen molar-refractivity contribution >= 4 is 11.6 Å². The fourth-order valence-electron chi connectivity index (χ4n) is 4.41. The summed E-state index contributed by atoms with van der Waals surface area (Å²) < 4.78 is 16.6. The normalized spacial score (nSPS) is 20.8. The summed E-state index contributed by atoms with van der Waals surface area (Å²) in [4.78, 5) is 17.4. The summed E-state index contributed by atoms with van der Waals surface area (Å²) in [6, 6.07) is 13.6. The predicted molar refractivity (Wildman–Crippen MR) is 123 cm³/mol. The van der Waals surface area contributed by atoms with Gasteiger partial charge in [0.25, 0.3) is 0 Å². The number of hydrogen-bond acceptors (Lipinski definition) is 7. The van der Waals surface area contributed by atoms with Crippen LogP contribution in [0, 0.1) is 0 Å². The molecule has 2 aliphatic rings. The number of nitrogens with zero attached hydrogens (tertiary/aromatic N) is 2. The molecule has 0 spiro atoms. The molecule has 2 aliphatic heterocycles. The number of para-hydroxylation sites is 2. The molecule has 1 amide bonds. The first kappa shape index (κ1) is 22.2. The highest BCUT2D eigenvalue weighted by Gasteiger charge is 2.35. The maximum atomic E-state index is 13.2. The number of carbonyl (C=O) groups is 1. The molecule has 0 saturated carbocycles. The van der Waals surface area contributed by atoms with Gasteiger partial charge in [-0.2, -0.15) is 0 Å². The average Bonchev–Trinajstić information content (AvgIpc) is 3.34. The van der Waals surface area contributed by atoms with Gasteiger partial charge >= 0.3 is 0 Å². The van der Waals surface area contributed by atoms with Gasteiger partial charge in [-0.1, -0.05) is 18.2 Å². The molecule has 0 aromatic heterocycles. The molecule has 0 radical (unpaired) electrons. The molecular weight excluding hydrogens is 408 g/mol. The van der Waals surface area contributed by atoms with E-state index >= 15 is 0 Å². The fourth-order valence-corrected chi connectivity index (χ4v) is 4.41. The summed E-state index contributed by atoms with van der Waals surface area (Å²) in [5.74, 6) is 2.52.